The Kier molecular flexibility index (Phi) is 7.61. The van der Waals surface area contributed by atoms with Crippen molar-refractivity contribution in [2.45, 2.75) is 111 Å². The van der Waals surface area contributed by atoms with Crippen LogP contribution in [0.15, 0.2) is 45.8 Å². The van der Waals surface area contributed by atoms with Crippen LogP contribution in [-0.4, -0.2) is 61.0 Å². The second-order valence-electron chi connectivity index (χ2n) is 14.3. The zero-order chi connectivity index (χ0) is 32.6. The van der Waals surface area contributed by atoms with Gasteiger partial charge in [-0.25, -0.2) is 4.79 Å². The van der Waals surface area contributed by atoms with Crippen LogP contribution in [0.5, 0.6) is 0 Å². The molecular formula is C35H44O10. The van der Waals surface area contributed by atoms with Gasteiger partial charge in [0.15, 0.2) is 0 Å². The Morgan fingerprint density at radius 1 is 1.00 bits per heavy atom. The predicted octanol–water partition coefficient (Wildman–Crippen LogP) is 5.21. The van der Waals surface area contributed by atoms with Crippen molar-refractivity contribution in [1.82, 2.24) is 0 Å². The molecule has 2 saturated carbocycles. The van der Waals surface area contributed by atoms with E-state index in [1.807, 2.05) is 13.0 Å². The second-order valence-corrected chi connectivity index (χ2v) is 14.3. The lowest BCUT2D eigenvalue weighted by atomic mass is 9.39. The highest BCUT2D eigenvalue weighted by Crippen LogP contribution is 2.72. The van der Waals surface area contributed by atoms with E-state index in [0.717, 1.165) is 16.7 Å². The Labute approximate surface area is 263 Å². The molecule has 0 N–H and O–H groups in total. The number of rotatable bonds is 5. The van der Waals surface area contributed by atoms with Crippen molar-refractivity contribution >= 4 is 23.9 Å². The zero-order valence-corrected chi connectivity index (χ0v) is 27.3. The van der Waals surface area contributed by atoms with Crippen LogP contribution < -0.4 is 0 Å². The molecule has 10 heteroatoms. The number of fused-ring (bicyclic) bond motifs is 4. The molecule has 5 aliphatic rings. The van der Waals surface area contributed by atoms with Gasteiger partial charge in [0.2, 0.25) is 0 Å². The first-order chi connectivity index (χ1) is 21.2. The van der Waals surface area contributed by atoms with Crippen LogP contribution in [0.25, 0.3) is 0 Å². The third-order valence-electron chi connectivity index (χ3n) is 12.0. The Bertz CT molecular complexity index is 1470. The van der Waals surface area contributed by atoms with Crippen molar-refractivity contribution < 1.29 is 47.3 Å². The molecular weight excluding hydrogens is 580 g/mol. The molecule has 0 unspecified atom stereocenters. The normalized spacial score (nSPS) is 42.1. The van der Waals surface area contributed by atoms with Gasteiger partial charge < -0.3 is 28.1 Å². The van der Waals surface area contributed by atoms with Gasteiger partial charge in [0.05, 0.1) is 25.2 Å². The van der Waals surface area contributed by atoms with Gasteiger partial charge in [-0.15, -0.1) is 0 Å². The van der Waals surface area contributed by atoms with Crippen molar-refractivity contribution in [2.75, 3.05) is 6.61 Å². The molecule has 244 valence electrons. The van der Waals surface area contributed by atoms with E-state index in [9.17, 15) is 19.2 Å². The number of carbonyl (C=O) groups excluding carboxylic acids is 4. The number of esters is 4. The molecule has 4 fully saturated rings. The topological polar surface area (TPSA) is 128 Å². The highest BCUT2D eigenvalue weighted by molar-refractivity contribution is 5.88. The van der Waals surface area contributed by atoms with Gasteiger partial charge in [-0.1, -0.05) is 32.4 Å². The number of carbonyl (C=O) groups is 4. The second kappa shape index (κ2) is 10.9. The lowest BCUT2D eigenvalue weighted by Gasteiger charge is -2.66. The Morgan fingerprint density at radius 2 is 1.69 bits per heavy atom. The molecule has 2 saturated heterocycles. The van der Waals surface area contributed by atoms with Gasteiger partial charge in [0.25, 0.3) is 0 Å². The lowest BCUT2D eigenvalue weighted by Crippen LogP contribution is -2.72. The number of hydrogen-bond acceptors (Lipinski definition) is 10. The van der Waals surface area contributed by atoms with Gasteiger partial charge in [0, 0.05) is 60.3 Å². The average Bonchev–Trinajstić information content (AvgIpc) is 3.68. The molecule has 1 aromatic heterocycles. The van der Waals surface area contributed by atoms with Crippen molar-refractivity contribution in [2.24, 2.45) is 28.1 Å². The van der Waals surface area contributed by atoms with E-state index in [0.29, 0.717) is 12.0 Å². The summed E-state index contributed by atoms with van der Waals surface area (Å²) in [6.45, 7) is 14.7. The molecule has 3 heterocycles. The quantitative estimate of drug-likeness (QED) is 0.186. The molecule has 6 rings (SSSR count). The van der Waals surface area contributed by atoms with Crippen LogP contribution in [0.1, 0.15) is 86.1 Å². The minimum atomic E-state index is -0.948. The summed E-state index contributed by atoms with van der Waals surface area (Å²) >= 11 is 0. The summed E-state index contributed by atoms with van der Waals surface area (Å²) in [4.78, 5) is 52.5. The molecule has 0 bridgehead atoms. The molecule has 1 aromatic rings. The number of allylic oxidation sites excluding steroid dienone is 2. The van der Waals surface area contributed by atoms with Crippen LogP contribution in [0, 0.1) is 28.1 Å². The monoisotopic (exact) mass is 624 g/mol. The molecule has 0 spiro atoms. The maximum absolute atomic E-state index is 13.8. The highest BCUT2D eigenvalue weighted by atomic mass is 16.6. The predicted molar refractivity (Wildman–Crippen MR) is 159 cm³/mol. The minimum absolute atomic E-state index is 0.0304. The fraction of sp³-hybridized carbons (Fsp3) is 0.657. The van der Waals surface area contributed by atoms with E-state index >= 15 is 0 Å². The third-order valence-corrected chi connectivity index (χ3v) is 12.0. The number of hydrogen-bond donors (Lipinski definition) is 0. The molecule has 0 aromatic carbocycles. The molecule has 0 amide bonds. The number of ether oxygens (including phenoxy) is 5. The first kappa shape index (κ1) is 31.6. The lowest BCUT2D eigenvalue weighted by molar-refractivity contribution is -0.257. The third kappa shape index (κ3) is 4.53. The fourth-order valence-electron chi connectivity index (χ4n) is 10.1. The van der Waals surface area contributed by atoms with Crippen molar-refractivity contribution in [3.8, 4) is 0 Å². The molecule has 11 atom stereocenters. The maximum Gasteiger partial charge on any atom is 0.333 e. The minimum Gasteiger partial charge on any atom is -0.472 e. The van der Waals surface area contributed by atoms with Crippen molar-refractivity contribution in [3.63, 3.8) is 0 Å². The van der Waals surface area contributed by atoms with Gasteiger partial charge in [-0.05, 0) is 50.3 Å². The summed E-state index contributed by atoms with van der Waals surface area (Å²) in [6, 6.07) is 1.92. The SMILES string of the molecule is C/C=C(\C)C(=O)O[C@@H]1[C@H]2OC[C@]3(C)[C@@H]2[C@](C)([C@@H](OC(C)=O)C[C@H]3OC(C)=O)[C@@H]2CC(=O)O[C@H]3C[C@H](c4ccoc4)C(C)=C3[C@@]12C. The van der Waals surface area contributed by atoms with E-state index in [-0.39, 0.29) is 31.3 Å². The Morgan fingerprint density at radius 3 is 2.31 bits per heavy atom. The van der Waals surface area contributed by atoms with Gasteiger partial charge in [-0.3, -0.25) is 14.4 Å². The van der Waals surface area contributed by atoms with Crippen LogP contribution in [0.2, 0.25) is 0 Å². The molecule has 2 aliphatic heterocycles. The van der Waals surface area contributed by atoms with E-state index in [2.05, 4.69) is 20.8 Å². The standard InChI is InChI=1S/C35H44O10/c1-9-17(2)32(39)45-31-29-30-33(6,16-41-29)25(42-19(4)36)14-26(43-20(5)37)34(30,7)24-13-27(38)44-23-12-22(21-10-11-40-15-21)18(3)28(23)35(24,31)8/h9-11,15,22-26,29-31H,12-14,16H2,1-8H3/b17-9+/t22-,23-,24-,25+,26-,29-,30+,31+,33-,34-,35-/m0/s1. The summed E-state index contributed by atoms with van der Waals surface area (Å²) in [5.74, 6) is -2.68. The molecule has 3 aliphatic carbocycles. The maximum atomic E-state index is 13.8. The van der Waals surface area contributed by atoms with E-state index in [1.165, 1.54) is 13.8 Å². The van der Waals surface area contributed by atoms with Crippen molar-refractivity contribution in [3.05, 3.63) is 47.0 Å². The van der Waals surface area contributed by atoms with Crippen LogP contribution in [-0.2, 0) is 42.9 Å². The molecule has 45 heavy (non-hydrogen) atoms. The first-order valence-corrected chi connectivity index (χ1v) is 15.9. The smallest absolute Gasteiger partial charge is 0.333 e. The van der Waals surface area contributed by atoms with Crippen molar-refractivity contribution in [1.29, 1.82) is 0 Å². The summed E-state index contributed by atoms with van der Waals surface area (Å²) in [6.07, 6.45) is 2.53. The highest BCUT2D eigenvalue weighted by Gasteiger charge is 2.78. The van der Waals surface area contributed by atoms with E-state index < -0.39 is 76.5 Å². The van der Waals surface area contributed by atoms with Crippen LogP contribution >= 0.6 is 0 Å². The average molecular weight is 625 g/mol. The van der Waals surface area contributed by atoms with Crippen LogP contribution in [0.4, 0.5) is 0 Å². The zero-order valence-electron chi connectivity index (χ0n) is 27.3. The van der Waals surface area contributed by atoms with E-state index in [1.54, 1.807) is 32.4 Å². The van der Waals surface area contributed by atoms with Crippen LogP contribution in [0.3, 0.4) is 0 Å². The Hall–Kier alpha value is -3.40. The fourth-order valence-corrected chi connectivity index (χ4v) is 10.1. The summed E-state index contributed by atoms with van der Waals surface area (Å²) in [5, 5.41) is 0. The van der Waals surface area contributed by atoms with Gasteiger partial charge in [0.1, 0.15) is 24.4 Å². The largest absolute Gasteiger partial charge is 0.472 e. The first-order valence-electron chi connectivity index (χ1n) is 15.9. The number of furan rings is 1. The van der Waals surface area contributed by atoms with Gasteiger partial charge in [-0.2, -0.15) is 0 Å². The van der Waals surface area contributed by atoms with Gasteiger partial charge >= 0.3 is 23.9 Å². The summed E-state index contributed by atoms with van der Waals surface area (Å²) in [7, 11) is 0. The molecule has 10 nitrogen and oxygen atoms in total. The summed E-state index contributed by atoms with van der Waals surface area (Å²) in [5.41, 5.74) is 0.879. The molecule has 0 radical (unpaired) electrons. The summed E-state index contributed by atoms with van der Waals surface area (Å²) < 4.78 is 36.9. The van der Waals surface area contributed by atoms with E-state index in [4.69, 9.17) is 28.1 Å². The Balaban J connectivity index is 1.61.